The summed E-state index contributed by atoms with van der Waals surface area (Å²) < 4.78 is 13.2. The van der Waals surface area contributed by atoms with E-state index in [-0.39, 0.29) is 0 Å². The molecule has 3 aromatic heterocycles. The molecule has 180 valence electrons. The zero-order valence-corrected chi connectivity index (χ0v) is 20.4. The summed E-state index contributed by atoms with van der Waals surface area (Å²) in [6.45, 7) is 4.03. The first kappa shape index (κ1) is 22.2. The fourth-order valence-corrected chi connectivity index (χ4v) is 4.38. The van der Waals surface area contributed by atoms with E-state index in [1.807, 2.05) is 68.1 Å². The van der Waals surface area contributed by atoms with Crippen molar-refractivity contribution in [3.63, 3.8) is 0 Å². The third-order valence-electron chi connectivity index (χ3n) is 6.20. The summed E-state index contributed by atoms with van der Waals surface area (Å²) in [5.41, 5.74) is 8.33. The number of nitrogens with zero attached hydrogens (tertiary/aromatic N) is 6. The maximum absolute atomic E-state index is 9.05. The highest BCUT2D eigenvalue weighted by atomic mass is 16.6. The molecule has 6 rings (SSSR count). The van der Waals surface area contributed by atoms with E-state index >= 15 is 0 Å². The topological polar surface area (TPSA) is 115 Å². The van der Waals surface area contributed by atoms with Crippen LogP contribution in [0.2, 0.25) is 0 Å². The van der Waals surface area contributed by atoms with Crippen molar-refractivity contribution in [3.8, 4) is 28.8 Å². The molecule has 0 atom stereocenters. The minimum Gasteiger partial charge on any atom is -0.436 e. The number of aromatic nitrogens is 5. The Bertz CT molecular complexity index is 1810. The Morgan fingerprint density at radius 3 is 2.38 bits per heavy atom. The van der Waals surface area contributed by atoms with Crippen LogP contribution in [0.4, 0.5) is 11.6 Å². The molecule has 37 heavy (non-hydrogen) atoms. The molecule has 0 radical (unpaired) electrons. The number of aryl methyl sites for hydroxylation is 3. The Morgan fingerprint density at radius 2 is 1.62 bits per heavy atom. The largest absolute Gasteiger partial charge is 0.436 e. The van der Waals surface area contributed by atoms with Crippen LogP contribution in [0.15, 0.2) is 71.5 Å². The predicted octanol–water partition coefficient (Wildman–Crippen LogP) is 6.20. The molecule has 0 saturated heterocycles. The van der Waals surface area contributed by atoms with Crippen LogP contribution in [0.3, 0.4) is 0 Å². The van der Waals surface area contributed by atoms with Gasteiger partial charge in [0.15, 0.2) is 0 Å². The molecule has 1 N–H and O–H groups in total. The Kier molecular flexibility index (Phi) is 5.27. The van der Waals surface area contributed by atoms with E-state index in [0.717, 1.165) is 50.2 Å². The molecule has 3 aromatic carbocycles. The molecule has 9 nitrogen and oxygen atoms in total. The fourth-order valence-electron chi connectivity index (χ4n) is 4.38. The van der Waals surface area contributed by atoms with Crippen LogP contribution < -0.4 is 10.1 Å². The summed E-state index contributed by atoms with van der Waals surface area (Å²) >= 11 is 0. The van der Waals surface area contributed by atoms with Crippen LogP contribution in [0.5, 0.6) is 11.6 Å². The lowest BCUT2D eigenvalue weighted by Gasteiger charge is -2.15. The Hall–Kier alpha value is -5.23. The molecule has 0 aliphatic heterocycles. The number of anilines is 2. The van der Waals surface area contributed by atoms with Gasteiger partial charge in [-0.2, -0.15) is 10.2 Å². The van der Waals surface area contributed by atoms with Gasteiger partial charge in [-0.05, 0) is 101 Å². The predicted molar refractivity (Wildman–Crippen MR) is 140 cm³/mol. The number of fused-ring (bicyclic) bond motifs is 2. The molecule has 0 spiro atoms. The van der Waals surface area contributed by atoms with Gasteiger partial charge in [0.05, 0.1) is 17.1 Å². The molecule has 0 fully saturated rings. The average molecular weight is 488 g/mol. The first-order valence-corrected chi connectivity index (χ1v) is 11.6. The Labute approximate surface area is 211 Å². The van der Waals surface area contributed by atoms with E-state index in [0.29, 0.717) is 22.9 Å². The second-order valence-corrected chi connectivity index (χ2v) is 8.84. The highest BCUT2D eigenvalue weighted by Gasteiger charge is 2.17. The molecule has 3 heterocycles. The van der Waals surface area contributed by atoms with Gasteiger partial charge >= 0.3 is 0 Å². The molecule has 0 bridgehead atoms. The zero-order chi connectivity index (χ0) is 25.5. The van der Waals surface area contributed by atoms with Gasteiger partial charge in [-0.1, -0.05) is 6.07 Å². The average Bonchev–Trinajstić information content (AvgIpc) is 3.52. The van der Waals surface area contributed by atoms with Gasteiger partial charge in [-0.15, -0.1) is 0 Å². The van der Waals surface area contributed by atoms with Crippen molar-refractivity contribution >= 4 is 33.7 Å². The SMILES string of the molecule is Cc1cc(-c2ccc3nonc3c2)cc(C)c1Oc1nc(Nc2ccc(C#N)cc2)nc2ccn(C)c12. The van der Waals surface area contributed by atoms with Gasteiger partial charge in [0.25, 0.3) is 0 Å². The van der Waals surface area contributed by atoms with Crippen LogP contribution in [0.1, 0.15) is 16.7 Å². The summed E-state index contributed by atoms with van der Waals surface area (Å²) in [6.07, 6.45) is 1.93. The second kappa shape index (κ2) is 8.77. The highest BCUT2D eigenvalue weighted by molar-refractivity contribution is 5.83. The highest BCUT2D eigenvalue weighted by Crippen LogP contribution is 2.36. The van der Waals surface area contributed by atoms with E-state index in [1.54, 1.807) is 12.1 Å². The van der Waals surface area contributed by atoms with Crippen LogP contribution >= 0.6 is 0 Å². The first-order valence-electron chi connectivity index (χ1n) is 11.6. The maximum atomic E-state index is 9.05. The number of hydrogen-bond donors (Lipinski definition) is 1. The lowest BCUT2D eigenvalue weighted by molar-refractivity contribution is 0.315. The van der Waals surface area contributed by atoms with Gasteiger partial charge in [-0.25, -0.2) is 9.61 Å². The number of ether oxygens (including phenoxy) is 1. The minimum atomic E-state index is 0.403. The molecule has 9 heteroatoms. The number of nitriles is 1. The number of rotatable bonds is 5. The van der Waals surface area contributed by atoms with E-state index < -0.39 is 0 Å². The third-order valence-corrected chi connectivity index (χ3v) is 6.20. The van der Waals surface area contributed by atoms with Crippen molar-refractivity contribution in [2.75, 3.05) is 5.32 Å². The molecule has 0 unspecified atom stereocenters. The number of hydrogen-bond acceptors (Lipinski definition) is 8. The van der Waals surface area contributed by atoms with Gasteiger partial charge < -0.3 is 14.6 Å². The van der Waals surface area contributed by atoms with Gasteiger partial charge in [0, 0.05) is 18.9 Å². The summed E-state index contributed by atoms with van der Waals surface area (Å²) in [7, 11) is 1.93. The number of benzene rings is 3. The lowest BCUT2D eigenvalue weighted by Crippen LogP contribution is -2.02. The van der Waals surface area contributed by atoms with Crippen molar-refractivity contribution in [2.24, 2.45) is 7.05 Å². The summed E-state index contributed by atoms with van der Waals surface area (Å²) in [5.74, 6) is 1.58. The van der Waals surface area contributed by atoms with Crippen LogP contribution in [-0.4, -0.2) is 24.8 Å². The quantitative estimate of drug-likeness (QED) is 0.306. The van der Waals surface area contributed by atoms with Crippen molar-refractivity contribution in [1.29, 1.82) is 5.26 Å². The maximum Gasteiger partial charge on any atom is 0.249 e. The van der Waals surface area contributed by atoms with E-state index in [1.165, 1.54) is 0 Å². The summed E-state index contributed by atoms with van der Waals surface area (Å²) in [5, 5.41) is 20.1. The van der Waals surface area contributed by atoms with E-state index in [4.69, 9.17) is 19.6 Å². The van der Waals surface area contributed by atoms with Gasteiger partial charge in [0.1, 0.15) is 22.3 Å². The van der Waals surface area contributed by atoms with Crippen LogP contribution in [-0.2, 0) is 7.05 Å². The zero-order valence-electron chi connectivity index (χ0n) is 20.4. The van der Waals surface area contributed by atoms with Crippen molar-refractivity contribution in [1.82, 2.24) is 24.8 Å². The summed E-state index contributed by atoms with van der Waals surface area (Å²) in [6, 6.07) is 21.2. The van der Waals surface area contributed by atoms with E-state index in [2.05, 4.69) is 38.8 Å². The van der Waals surface area contributed by atoms with Gasteiger partial charge in [-0.3, -0.25) is 0 Å². The Morgan fingerprint density at radius 1 is 0.865 bits per heavy atom. The molecular weight excluding hydrogens is 466 g/mol. The number of nitrogens with one attached hydrogen (secondary N) is 1. The molecule has 0 amide bonds. The monoisotopic (exact) mass is 487 g/mol. The molecule has 0 aliphatic rings. The van der Waals surface area contributed by atoms with Crippen molar-refractivity contribution in [2.45, 2.75) is 13.8 Å². The second-order valence-electron chi connectivity index (χ2n) is 8.84. The molecule has 6 aromatic rings. The lowest BCUT2D eigenvalue weighted by atomic mass is 9.99. The van der Waals surface area contributed by atoms with Crippen molar-refractivity contribution in [3.05, 3.63) is 83.6 Å². The smallest absolute Gasteiger partial charge is 0.249 e. The normalized spacial score (nSPS) is 11.1. The third kappa shape index (κ3) is 4.10. The Balaban J connectivity index is 1.37. The van der Waals surface area contributed by atoms with Crippen LogP contribution in [0.25, 0.3) is 33.2 Å². The van der Waals surface area contributed by atoms with E-state index in [9.17, 15) is 0 Å². The summed E-state index contributed by atoms with van der Waals surface area (Å²) in [4.78, 5) is 9.35. The van der Waals surface area contributed by atoms with Crippen LogP contribution in [0, 0.1) is 25.2 Å². The first-order chi connectivity index (χ1) is 18.0. The van der Waals surface area contributed by atoms with Gasteiger partial charge in [0.2, 0.25) is 11.8 Å². The molecular formula is C28H21N7O2. The molecule has 0 aliphatic carbocycles. The standard InChI is InChI=1S/C28H21N7O2/c1-16-12-20(19-6-9-22-24(14-19)34-37-33-22)13-17(2)26(16)36-27-25-23(10-11-35(25)3)31-28(32-27)30-21-7-4-18(15-29)5-8-21/h4-14H,1-3H3,(H,30,31,32). The molecule has 0 saturated carbocycles. The van der Waals surface area contributed by atoms with Crippen molar-refractivity contribution < 1.29 is 9.37 Å². The minimum absolute atomic E-state index is 0.403. The fraction of sp³-hybridized carbons (Fsp3) is 0.107.